The Labute approximate surface area is 142 Å². The third-order valence-electron chi connectivity index (χ3n) is 4.29. The number of likely N-dealkylation sites (N-methyl/N-ethyl adjacent to an activating group) is 1. The lowest BCUT2D eigenvalue weighted by Crippen LogP contribution is -2.37. The molecule has 2 aromatic rings. The van der Waals surface area contributed by atoms with Crippen LogP contribution in [0.25, 0.3) is 0 Å². The summed E-state index contributed by atoms with van der Waals surface area (Å²) in [5.74, 6) is 0.789. The lowest BCUT2D eigenvalue weighted by molar-refractivity contribution is 0.122. The quantitative estimate of drug-likeness (QED) is 0.788. The van der Waals surface area contributed by atoms with Crippen LogP contribution in [0.4, 0.5) is 5.95 Å². The number of aromatic nitrogens is 4. The molecule has 0 bridgehead atoms. The zero-order valence-corrected chi connectivity index (χ0v) is 14.3. The fourth-order valence-corrected chi connectivity index (χ4v) is 2.69. The van der Waals surface area contributed by atoms with E-state index in [1.165, 1.54) is 0 Å². The van der Waals surface area contributed by atoms with Crippen LogP contribution in [-0.4, -0.2) is 64.2 Å². The maximum absolute atomic E-state index is 5.36. The van der Waals surface area contributed by atoms with Gasteiger partial charge in [-0.05, 0) is 14.0 Å². The van der Waals surface area contributed by atoms with E-state index in [0.717, 1.165) is 56.5 Å². The Kier molecular flexibility index (Phi) is 5.66. The van der Waals surface area contributed by atoms with E-state index in [9.17, 15) is 0 Å². The molecule has 1 fully saturated rings. The predicted octanol–water partition coefficient (Wildman–Crippen LogP) is 1.17. The fourth-order valence-electron chi connectivity index (χ4n) is 2.69. The minimum absolute atomic E-state index is 0.362. The van der Waals surface area contributed by atoms with Crippen molar-refractivity contribution in [3.05, 3.63) is 42.2 Å². The van der Waals surface area contributed by atoms with E-state index >= 15 is 0 Å². The van der Waals surface area contributed by atoms with Gasteiger partial charge in [-0.3, -0.25) is 14.9 Å². The van der Waals surface area contributed by atoms with Crippen LogP contribution in [0.5, 0.6) is 0 Å². The average molecular weight is 328 g/mol. The SMILES string of the molecule is C[C@H](Cc1cnccn1)N(C)Cc1cnc(N2CCOCC2)nc1. The Morgan fingerprint density at radius 3 is 2.54 bits per heavy atom. The summed E-state index contributed by atoms with van der Waals surface area (Å²) < 4.78 is 5.36. The highest BCUT2D eigenvalue weighted by Gasteiger charge is 2.15. The molecule has 0 unspecified atom stereocenters. The molecule has 0 spiro atoms. The summed E-state index contributed by atoms with van der Waals surface area (Å²) in [6.07, 6.45) is 9.97. The molecule has 7 nitrogen and oxygen atoms in total. The molecule has 0 radical (unpaired) electrons. The van der Waals surface area contributed by atoms with Gasteiger partial charge in [0.2, 0.25) is 5.95 Å². The molecule has 0 aromatic carbocycles. The molecule has 0 aliphatic carbocycles. The maximum Gasteiger partial charge on any atom is 0.225 e. The van der Waals surface area contributed by atoms with Crippen molar-refractivity contribution in [3.63, 3.8) is 0 Å². The summed E-state index contributed by atoms with van der Waals surface area (Å²) in [6, 6.07) is 0.362. The van der Waals surface area contributed by atoms with Gasteiger partial charge in [-0.2, -0.15) is 0 Å². The Hall–Kier alpha value is -2.12. The Morgan fingerprint density at radius 2 is 1.88 bits per heavy atom. The summed E-state index contributed by atoms with van der Waals surface area (Å²) in [5, 5.41) is 0. The Balaban J connectivity index is 1.54. The maximum atomic E-state index is 5.36. The average Bonchev–Trinajstić information content (AvgIpc) is 2.64. The van der Waals surface area contributed by atoms with Crippen LogP contribution in [0.3, 0.4) is 0 Å². The summed E-state index contributed by atoms with van der Waals surface area (Å²) in [6.45, 7) is 6.20. The lowest BCUT2D eigenvalue weighted by Gasteiger charge is -2.27. The number of nitrogens with zero attached hydrogens (tertiary/aromatic N) is 6. The number of morpholine rings is 1. The molecule has 24 heavy (non-hydrogen) atoms. The molecule has 128 valence electrons. The first-order valence-corrected chi connectivity index (χ1v) is 8.31. The molecule has 0 amide bonds. The van der Waals surface area contributed by atoms with E-state index in [-0.39, 0.29) is 0 Å². The third-order valence-corrected chi connectivity index (χ3v) is 4.29. The molecular formula is C17H24N6O. The highest BCUT2D eigenvalue weighted by Crippen LogP contribution is 2.12. The van der Waals surface area contributed by atoms with Gasteiger partial charge in [0.25, 0.3) is 0 Å². The van der Waals surface area contributed by atoms with Crippen molar-refractivity contribution in [1.82, 2.24) is 24.8 Å². The van der Waals surface area contributed by atoms with Gasteiger partial charge in [-0.1, -0.05) is 0 Å². The van der Waals surface area contributed by atoms with Crippen molar-refractivity contribution in [3.8, 4) is 0 Å². The molecule has 3 heterocycles. The molecule has 1 atom stereocenters. The van der Waals surface area contributed by atoms with Gasteiger partial charge < -0.3 is 9.64 Å². The van der Waals surface area contributed by atoms with Crippen LogP contribution in [0.15, 0.2) is 31.0 Å². The van der Waals surface area contributed by atoms with Gasteiger partial charge in [-0.25, -0.2) is 9.97 Å². The van der Waals surface area contributed by atoms with Crippen LogP contribution in [0, 0.1) is 0 Å². The van der Waals surface area contributed by atoms with Gasteiger partial charge >= 0.3 is 0 Å². The minimum Gasteiger partial charge on any atom is -0.378 e. The Bertz CT molecular complexity index is 615. The normalized spacial score (nSPS) is 16.4. The van der Waals surface area contributed by atoms with Crippen LogP contribution >= 0.6 is 0 Å². The molecule has 1 aliphatic rings. The number of rotatable bonds is 6. The lowest BCUT2D eigenvalue weighted by atomic mass is 10.1. The number of hydrogen-bond acceptors (Lipinski definition) is 7. The van der Waals surface area contributed by atoms with Crippen molar-refractivity contribution in [1.29, 1.82) is 0 Å². The van der Waals surface area contributed by atoms with Crippen LogP contribution in [0.2, 0.25) is 0 Å². The second kappa shape index (κ2) is 8.12. The molecule has 2 aromatic heterocycles. The largest absolute Gasteiger partial charge is 0.378 e. The molecular weight excluding hydrogens is 304 g/mol. The summed E-state index contributed by atoms with van der Waals surface area (Å²) >= 11 is 0. The summed E-state index contributed by atoms with van der Waals surface area (Å²) in [5.41, 5.74) is 2.12. The van der Waals surface area contributed by atoms with Gasteiger partial charge in [0.1, 0.15) is 0 Å². The van der Waals surface area contributed by atoms with E-state index in [4.69, 9.17) is 4.74 Å². The van der Waals surface area contributed by atoms with Gasteiger partial charge in [0.05, 0.1) is 18.9 Å². The van der Waals surface area contributed by atoms with Crippen molar-refractivity contribution < 1.29 is 4.74 Å². The van der Waals surface area contributed by atoms with Crippen molar-refractivity contribution in [2.75, 3.05) is 38.3 Å². The smallest absolute Gasteiger partial charge is 0.225 e. The van der Waals surface area contributed by atoms with E-state index < -0.39 is 0 Å². The zero-order chi connectivity index (χ0) is 16.8. The van der Waals surface area contributed by atoms with Crippen molar-refractivity contribution in [2.45, 2.75) is 25.9 Å². The monoisotopic (exact) mass is 328 g/mol. The summed E-state index contributed by atoms with van der Waals surface area (Å²) in [7, 11) is 2.11. The topological polar surface area (TPSA) is 67.3 Å². The molecule has 3 rings (SSSR count). The first-order chi connectivity index (χ1) is 11.7. The summed E-state index contributed by atoms with van der Waals surface area (Å²) in [4.78, 5) is 21.9. The molecule has 0 saturated carbocycles. The minimum atomic E-state index is 0.362. The molecule has 1 aliphatic heterocycles. The standard InChI is InChI=1S/C17H24N6O/c1-14(9-16-12-18-3-4-19-16)22(2)13-15-10-20-17(21-11-15)23-5-7-24-8-6-23/h3-4,10-12,14H,5-9,13H2,1-2H3/t14-/m1/s1. The van der Waals surface area contributed by atoms with Crippen LogP contribution in [0.1, 0.15) is 18.2 Å². The van der Waals surface area contributed by atoms with Crippen LogP contribution < -0.4 is 4.90 Å². The number of anilines is 1. The zero-order valence-electron chi connectivity index (χ0n) is 14.3. The van der Waals surface area contributed by atoms with Gasteiger partial charge in [0.15, 0.2) is 0 Å². The second-order valence-electron chi connectivity index (χ2n) is 6.16. The van der Waals surface area contributed by atoms with Gasteiger partial charge in [-0.15, -0.1) is 0 Å². The van der Waals surface area contributed by atoms with Gasteiger partial charge in [0, 0.05) is 68.6 Å². The molecule has 7 heteroatoms. The van der Waals surface area contributed by atoms with E-state index in [0.29, 0.717) is 6.04 Å². The molecule has 1 saturated heterocycles. The van der Waals surface area contributed by atoms with E-state index in [2.05, 4.69) is 43.7 Å². The van der Waals surface area contributed by atoms with E-state index in [1.54, 1.807) is 12.4 Å². The van der Waals surface area contributed by atoms with E-state index in [1.807, 2.05) is 18.6 Å². The van der Waals surface area contributed by atoms with Crippen LogP contribution in [-0.2, 0) is 17.7 Å². The highest BCUT2D eigenvalue weighted by atomic mass is 16.5. The third kappa shape index (κ3) is 4.46. The Morgan fingerprint density at radius 1 is 1.12 bits per heavy atom. The number of ether oxygens (including phenoxy) is 1. The fraction of sp³-hybridized carbons (Fsp3) is 0.529. The first kappa shape index (κ1) is 16.7. The predicted molar refractivity (Wildman–Crippen MR) is 91.7 cm³/mol. The second-order valence-corrected chi connectivity index (χ2v) is 6.16. The number of hydrogen-bond donors (Lipinski definition) is 0. The first-order valence-electron chi connectivity index (χ1n) is 8.31. The van der Waals surface area contributed by atoms with Crippen molar-refractivity contribution >= 4 is 5.95 Å². The van der Waals surface area contributed by atoms with Crippen molar-refractivity contribution in [2.24, 2.45) is 0 Å². The highest BCUT2D eigenvalue weighted by molar-refractivity contribution is 5.30. The molecule has 0 N–H and O–H groups in total.